The van der Waals surface area contributed by atoms with Gasteiger partial charge in [-0.15, -0.1) is 0 Å². The van der Waals surface area contributed by atoms with Gasteiger partial charge in [-0.3, -0.25) is 4.79 Å². The molecule has 3 N–H and O–H groups in total. The molecule has 1 amide bonds. The molecule has 0 heterocycles. The quantitative estimate of drug-likeness (QED) is 0.788. The van der Waals surface area contributed by atoms with E-state index in [-0.39, 0.29) is 29.3 Å². The van der Waals surface area contributed by atoms with Gasteiger partial charge < -0.3 is 15.5 Å². The molecule has 0 fully saturated rings. The molecule has 0 bridgehead atoms. The summed E-state index contributed by atoms with van der Waals surface area (Å²) in [6, 6.07) is 13.0. The van der Waals surface area contributed by atoms with E-state index in [1.807, 2.05) is 0 Å². The lowest BCUT2D eigenvalue weighted by molar-refractivity contribution is -0.116. The number of benzene rings is 2. The molecule has 0 saturated heterocycles. The number of hydrogen-bond donors (Lipinski definition) is 3. The largest absolute Gasteiger partial charge is 0.508 e. The number of aromatic carboxylic acids is 1. The van der Waals surface area contributed by atoms with E-state index < -0.39 is 5.97 Å². The maximum Gasteiger partial charge on any atom is 0.337 e. The highest BCUT2D eigenvalue weighted by Gasteiger charge is 2.12. The number of anilines is 1. The predicted octanol–water partition coefficient (Wildman–Crippen LogP) is 2.66. The van der Waals surface area contributed by atoms with Gasteiger partial charge >= 0.3 is 5.97 Å². The summed E-state index contributed by atoms with van der Waals surface area (Å²) in [5, 5.41) is 21.2. The van der Waals surface area contributed by atoms with Crippen molar-refractivity contribution >= 4 is 17.6 Å². The Hall–Kier alpha value is -2.82. The number of aryl methyl sites for hydroxylation is 1. The number of carboxylic acids is 1. The van der Waals surface area contributed by atoms with Crippen molar-refractivity contribution in [1.29, 1.82) is 0 Å². The second-order valence-electron chi connectivity index (χ2n) is 4.53. The number of carbonyl (C=O) groups is 2. The molecule has 2 rings (SSSR count). The van der Waals surface area contributed by atoms with Crippen LogP contribution >= 0.6 is 0 Å². The molecule has 5 heteroatoms. The molecular formula is C16H15NO4. The first-order valence-corrected chi connectivity index (χ1v) is 6.47. The Morgan fingerprint density at radius 2 is 1.67 bits per heavy atom. The summed E-state index contributed by atoms with van der Waals surface area (Å²) < 4.78 is 0. The molecule has 2 aromatic carbocycles. The minimum absolute atomic E-state index is 0.0495. The molecule has 108 valence electrons. The van der Waals surface area contributed by atoms with Gasteiger partial charge in [-0.05, 0) is 30.2 Å². The molecule has 2 aromatic rings. The van der Waals surface area contributed by atoms with Gasteiger partial charge in [0.1, 0.15) is 5.75 Å². The fraction of sp³-hybridized carbons (Fsp3) is 0.125. The molecule has 5 nitrogen and oxygen atoms in total. The first-order chi connectivity index (χ1) is 10.1. The van der Waals surface area contributed by atoms with Crippen molar-refractivity contribution in [1.82, 2.24) is 0 Å². The van der Waals surface area contributed by atoms with Crippen LogP contribution in [0.4, 0.5) is 5.69 Å². The second-order valence-corrected chi connectivity index (χ2v) is 4.53. The Bertz CT molecular complexity index is 667. The van der Waals surface area contributed by atoms with Gasteiger partial charge in [0.05, 0.1) is 11.3 Å². The fourth-order valence-corrected chi connectivity index (χ4v) is 1.96. The lowest BCUT2D eigenvalue weighted by Crippen LogP contribution is -2.15. The van der Waals surface area contributed by atoms with Crippen LogP contribution in [0.25, 0.3) is 0 Å². The second kappa shape index (κ2) is 6.56. The summed E-state index contributed by atoms with van der Waals surface area (Å²) in [7, 11) is 0. The average Bonchev–Trinajstić information content (AvgIpc) is 2.47. The van der Waals surface area contributed by atoms with Crippen LogP contribution in [0.5, 0.6) is 5.75 Å². The number of carboxylic acid groups (broad SMARTS) is 1. The van der Waals surface area contributed by atoms with E-state index >= 15 is 0 Å². The Kier molecular flexibility index (Phi) is 4.56. The van der Waals surface area contributed by atoms with E-state index in [0.717, 1.165) is 0 Å². The number of phenols is 1. The zero-order chi connectivity index (χ0) is 15.2. The van der Waals surface area contributed by atoms with E-state index in [2.05, 4.69) is 5.32 Å². The maximum atomic E-state index is 11.9. The molecule has 0 aliphatic rings. The number of nitrogens with one attached hydrogen (secondary N) is 1. The van der Waals surface area contributed by atoms with Crippen LogP contribution in [0.15, 0.2) is 48.5 Å². The standard InChI is InChI=1S/C16H15NO4/c18-14-8-4-1-5-11(14)9-10-15(19)17-13-7-3-2-6-12(13)16(20)21/h1-8,18H,9-10H2,(H,17,19)(H,20,21). The van der Waals surface area contributed by atoms with E-state index in [0.29, 0.717) is 12.0 Å². The van der Waals surface area contributed by atoms with Gasteiger partial charge in [-0.25, -0.2) is 4.79 Å². The van der Waals surface area contributed by atoms with Gasteiger partial charge in [0.2, 0.25) is 5.91 Å². The molecule has 0 unspecified atom stereocenters. The van der Waals surface area contributed by atoms with E-state index in [4.69, 9.17) is 5.11 Å². The number of aromatic hydroxyl groups is 1. The summed E-state index contributed by atoms with van der Waals surface area (Å²) >= 11 is 0. The van der Waals surface area contributed by atoms with Crippen LogP contribution in [0, 0.1) is 0 Å². The monoisotopic (exact) mass is 285 g/mol. The first-order valence-electron chi connectivity index (χ1n) is 6.47. The van der Waals surface area contributed by atoms with Crippen molar-refractivity contribution in [2.45, 2.75) is 12.8 Å². The zero-order valence-corrected chi connectivity index (χ0v) is 11.2. The summed E-state index contributed by atoms with van der Waals surface area (Å²) in [4.78, 5) is 22.9. The predicted molar refractivity (Wildman–Crippen MR) is 78.5 cm³/mol. The third-order valence-corrected chi connectivity index (χ3v) is 3.04. The van der Waals surface area contributed by atoms with Crippen LogP contribution in [0.2, 0.25) is 0 Å². The van der Waals surface area contributed by atoms with Gasteiger partial charge in [-0.2, -0.15) is 0 Å². The molecule has 0 saturated carbocycles. The van der Waals surface area contributed by atoms with Crippen molar-refractivity contribution in [2.75, 3.05) is 5.32 Å². The molecular weight excluding hydrogens is 270 g/mol. The van der Waals surface area contributed by atoms with Gasteiger partial charge in [0.25, 0.3) is 0 Å². The Labute approximate surface area is 121 Å². The third-order valence-electron chi connectivity index (χ3n) is 3.04. The Morgan fingerprint density at radius 3 is 2.38 bits per heavy atom. The molecule has 0 aromatic heterocycles. The van der Waals surface area contributed by atoms with Crippen LogP contribution < -0.4 is 5.32 Å². The Balaban J connectivity index is 2.00. The average molecular weight is 285 g/mol. The van der Waals surface area contributed by atoms with E-state index in [9.17, 15) is 14.7 Å². The highest BCUT2D eigenvalue weighted by atomic mass is 16.4. The highest BCUT2D eigenvalue weighted by molar-refractivity contribution is 6.00. The van der Waals surface area contributed by atoms with Crippen molar-refractivity contribution in [3.63, 3.8) is 0 Å². The fourth-order valence-electron chi connectivity index (χ4n) is 1.96. The summed E-state index contributed by atoms with van der Waals surface area (Å²) in [5.41, 5.74) is 1.000. The van der Waals surface area contributed by atoms with Crippen LogP contribution in [-0.2, 0) is 11.2 Å². The van der Waals surface area contributed by atoms with Gasteiger partial charge in [0, 0.05) is 6.42 Å². The summed E-state index contributed by atoms with van der Waals surface area (Å²) in [6.45, 7) is 0. The summed E-state index contributed by atoms with van der Waals surface area (Å²) in [6.07, 6.45) is 0.541. The maximum absolute atomic E-state index is 11.9. The highest BCUT2D eigenvalue weighted by Crippen LogP contribution is 2.19. The SMILES string of the molecule is O=C(CCc1ccccc1O)Nc1ccccc1C(=O)O. The number of para-hydroxylation sites is 2. The number of rotatable bonds is 5. The minimum atomic E-state index is -1.09. The molecule has 0 radical (unpaired) electrons. The minimum Gasteiger partial charge on any atom is -0.508 e. The molecule has 21 heavy (non-hydrogen) atoms. The smallest absolute Gasteiger partial charge is 0.337 e. The summed E-state index contributed by atoms with van der Waals surface area (Å²) in [5.74, 6) is -1.24. The molecule has 0 spiro atoms. The van der Waals surface area contributed by atoms with Crippen molar-refractivity contribution in [3.05, 3.63) is 59.7 Å². The molecule has 0 atom stereocenters. The van der Waals surface area contributed by atoms with Crippen molar-refractivity contribution in [2.24, 2.45) is 0 Å². The van der Waals surface area contributed by atoms with Crippen LogP contribution in [0.3, 0.4) is 0 Å². The Morgan fingerprint density at radius 1 is 1.00 bits per heavy atom. The number of carbonyl (C=O) groups excluding carboxylic acids is 1. The third kappa shape index (κ3) is 3.82. The van der Waals surface area contributed by atoms with Crippen molar-refractivity contribution in [3.8, 4) is 5.75 Å². The topological polar surface area (TPSA) is 86.6 Å². The van der Waals surface area contributed by atoms with Crippen LogP contribution in [-0.4, -0.2) is 22.1 Å². The van der Waals surface area contributed by atoms with Crippen LogP contribution in [0.1, 0.15) is 22.3 Å². The molecule has 0 aliphatic carbocycles. The van der Waals surface area contributed by atoms with E-state index in [1.54, 1.807) is 42.5 Å². The number of phenolic OH excluding ortho intramolecular Hbond substituents is 1. The lowest BCUT2D eigenvalue weighted by atomic mass is 10.1. The number of hydrogen-bond acceptors (Lipinski definition) is 3. The van der Waals surface area contributed by atoms with Crippen molar-refractivity contribution < 1.29 is 19.8 Å². The molecule has 0 aliphatic heterocycles. The number of amides is 1. The van der Waals surface area contributed by atoms with Gasteiger partial charge in [0.15, 0.2) is 0 Å². The zero-order valence-electron chi connectivity index (χ0n) is 11.2. The van der Waals surface area contributed by atoms with E-state index in [1.165, 1.54) is 6.07 Å². The van der Waals surface area contributed by atoms with Gasteiger partial charge in [-0.1, -0.05) is 30.3 Å². The first kappa shape index (κ1) is 14.6. The lowest BCUT2D eigenvalue weighted by Gasteiger charge is -2.08. The normalized spacial score (nSPS) is 10.1.